The molecule has 3 aliphatic rings. The Morgan fingerprint density at radius 3 is 2.50 bits per heavy atom. The highest BCUT2D eigenvalue weighted by Crippen LogP contribution is 2.59. The van der Waals surface area contributed by atoms with Gasteiger partial charge in [-0.2, -0.15) is 0 Å². The minimum atomic E-state index is -0.498. The van der Waals surface area contributed by atoms with Gasteiger partial charge in [0.25, 0.3) is 0 Å². The Morgan fingerprint density at radius 2 is 1.75 bits per heavy atom. The molecule has 0 amide bonds. The molecule has 148 valence electrons. The lowest BCUT2D eigenvalue weighted by atomic mass is 9.76. The Morgan fingerprint density at radius 1 is 0.964 bits per heavy atom. The zero-order chi connectivity index (χ0) is 19.8. The average Bonchev–Trinajstić information content (AvgIpc) is 2.98. The summed E-state index contributed by atoms with van der Waals surface area (Å²) in [5.41, 5.74) is 2.53. The van der Waals surface area contributed by atoms with Crippen molar-refractivity contribution in [3.63, 3.8) is 0 Å². The molecule has 2 unspecified atom stereocenters. The second kappa shape index (κ2) is 5.49. The predicted octanol–water partition coefficient (Wildman–Crippen LogP) is 4.89. The van der Waals surface area contributed by atoms with Gasteiger partial charge in [-0.1, -0.05) is 0 Å². The van der Waals surface area contributed by atoms with E-state index in [9.17, 15) is 5.11 Å². The number of aryl methyl sites for hydroxylation is 1. The van der Waals surface area contributed by atoms with Gasteiger partial charge in [0, 0.05) is 23.3 Å². The van der Waals surface area contributed by atoms with E-state index in [4.69, 9.17) is 18.9 Å². The molecule has 0 saturated carbocycles. The Bertz CT molecular complexity index is 975. The summed E-state index contributed by atoms with van der Waals surface area (Å²) < 4.78 is 24.3. The summed E-state index contributed by atoms with van der Waals surface area (Å²) in [6, 6.07) is 7.71. The fraction of sp³-hybridized carbons (Fsp3) is 0.478. The monoisotopic (exact) mass is 382 g/mol. The number of ether oxygens (including phenoxy) is 4. The van der Waals surface area contributed by atoms with Gasteiger partial charge in [-0.05, 0) is 58.2 Å². The molecule has 3 aliphatic heterocycles. The first-order valence-corrected chi connectivity index (χ1v) is 9.81. The molecular weight excluding hydrogens is 356 g/mol. The Labute approximate surface area is 165 Å². The molecule has 0 saturated heterocycles. The number of hydrogen-bond donors (Lipinski definition) is 1. The van der Waals surface area contributed by atoms with E-state index >= 15 is 0 Å². The SMILES string of the molecule is COc1cc2c(cc1O)C1C(O2)c2cc3c(cc2OC1(C)C)OC(C)(C)CC3. The summed E-state index contributed by atoms with van der Waals surface area (Å²) in [6.45, 7) is 8.37. The smallest absolute Gasteiger partial charge is 0.164 e. The summed E-state index contributed by atoms with van der Waals surface area (Å²) in [6.07, 6.45) is 1.78. The molecule has 0 radical (unpaired) electrons. The van der Waals surface area contributed by atoms with Crippen LogP contribution in [0.5, 0.6) is 28.7 Å². The van der Waals surface area contributed by atoms with Crippen LogP contribution in [0.15, 0.2) is 24.3 Å². The van der Waals surface area contributed by atoms with Crippen molar-refractivity contribution in [3.05, 3.63) is 41.0 Å². The largest absolute Gasteiger partial charge is 0.504 e. The van der Waals surface area contributed by atoms with Crippen LogP contribution in [0.1, 0.15) is 62.8 Å². The molecule has 0 fully saturated rings. The van der Waals surface area contributed by atoms with Crippen LogP contribution < -0.4 is 18.9 Å². The van der Waals surface area contributed by atoms with Crippen LogP contribution in [-0.2, 0) is 6.42 Å². The first-order chi connectivity index (χ1) is 13.2. The van der Waals surface area contributed by atoms with E-state index in [1.54, 1.807) is 19.2 Å². The lowest BCUT2D eigenvalue weighted by molar-refractivity contribution is 0.0116. The van der Waals surface area contributed by atoms with Gasteiger partial charge in [0.1, 0.15) is 34.6 Å². The van der Waals surface area contributed by atoms with Crippen LogP contribution in [-0.4, -0.2) is 23.4 Å². The number of fused-ring (bicyclic) bond motifs is 6. The van der Waals surface area contributed by atoms with Crippen LogP contribution in [0.4, 0.5) is 0 Å². The van der Waals surface area contributed by atoms with Crippen molar-refractivity contribution < 1.29 is 24.1 Å². The average molecular weight is 382 g/mol. The Hall–Kier alpha value is -2.56. The standard InChI is InChI=1S/C23H26O5/c1-22(2)7-6-12-8-14-18(10-16(12)27-22)28-23(3,4)20-13-9-15(24)19(25-5)11-17(13)26-21(14)20/h8-11,20-21,24H,6-7H2,1-5H3. The Kier molecular flexibility index (Phi) is 3.44. The topological polar surface area (TPSA) is 57.2 Å². The third-order valence-electron chi connectivity index (χ3n) is 6.21. The highest BCUT2D eigenvalue weighted by molar-refractivity contribution is 5.59. The van der Waals surface area contributed by atoms with Crippen molar-refractivity contribution in [3.8, 4) is 28.7 Å². The minimum absolute atomic E-state index is 0.0224. The normalized spacial score (nSPS) is 25.2. The summed E-state index contributed by atoms with van der Waals surface area (Å²) in [7, 11) is 1.54. The molecule has 28 heavy (non-hydrogen) atoms. The second-order valence-electron chi connectivity index (χ2n) is 9.14. The molecule has 1 N–H and O–H groups in total. The van der Waals surface area contributed by atoms with Crippen LogP contribution in [0.3, 0.4) is 0 Å². The lowest BCUT2D eigenvalue weighted by Crippen LogP contribution is -2.42. The first kappa shape index (κ1) is 17.5. The number of aromatic hydroxyl groups is 1. The molecule has 5 rings (SSSR count). The zero-order valence-corrected chi connectivity index (χ0v) is 17.0. The molecule has 0 spiro atoms. The molecule has 5 heteroatoms. The molecule has 3 heterocycles. The van der Waals surface area contributed by atoms with E-state index in [0.717, 1.165) is 41.2 Å². The third-order valence-corrected chi connectivity index (χ3v) is 6.21. The quantitative estimate of drug-likeness (QED) is 0.761. The van der Waals surface area contributed by atoms with E-state index < -0.39 is 5.60 Å². The van der Waals surface area contributed by atoms with Crippen LogP contribution in [0, 0.1) is 0 Å². The van der Waals surface area contributed by atoms with Gasteiger partial charge >= 0.3 is 0 Å². The van der Waals surface area contributed by atoms with Crippen molar-refractivity contribution in [2.75, 3.05) is 7.11 Å². The number of phenolic OH excluding ortho intramolecular Hbond substituents is 1. The fourth-order valence-corrected chi connectivity index (χ4v) is 4.78. The van der Waals surface area contributed by atoms with E-state index in [-0.39, 0.29) is 23.4 Å². The summed E-state index contributed by atoms with van der Waals surface area (Å²) in [5, 5.41) is 10.3. The number of hydrogen-bond acceptors (Lipinski definition) is 5. The molecule has 2 aromatic rings. The summed E-state index contributed by atoms with van der Waals surface area (Å²) in [5.74, 6) is 2.96. The van der Waals surface area contributed by atoms with Gasteiger partial charge in [0.05, 0.1) is 13.0 Å². The maximum absolute atomic E-state index is 10.3. The number of benzene rings is 2. The predicted molar refractivity (Wildman–Crippen MR) is 105 cm³/mol. The van der Waals surface area contributed by atoms with Gasteiger partial charge in [-0.3, -0.25) is 0 Å². The minimum Gasteiger partial charge on any atom is -0.504 e. The summed E-state index contributed by atoms with van der Waals surface area (Å²) >= 11 is 0. The van der Waals surface area contributed by atoms with Crippen molar-refractivity contribution >= 4 is 0 Å². The Balaban J connectivity index is 1.63. The maximum atomic E-state index is 10.3. The van der Waals surface area contributed by atoms with Crippen molar-refractivity contribution in [2.24, 2.45) is 0 Å². The first-order valence-electron chi connectivity index (χ1n) is 9.81. The van der Waals surface area contributed by atoms with Crippen LogP contribution in [0.25, 0.3) is 0 Å². The van der Waals surface area contributed by atoms with Crippen LogP contribution in [0.2, 0.25) is 0 Å². The van der Waals surface area contributed by atoms with Crippen molar-refractivity contribution in [1.29, 1.82) is 0 Å². The molecule has 2 atom stereocenters. The molecule has 0 aliphatic carbocycles. The third kappa shape index (κ3) is 2.45. The maximum Gasteiger partial charge on any atom is 0.164 e. The fourth-order valence-electron chi connectivity index (χ4n) is 4.78. The number of rotatable bonds is 1. The van der Waals surface area contributed by atoms with Crippen LogP contribution >= 0.6 is 0 Å². The highest BCUT2D eigenvalue weighted by atomic mass is 16.5. The van der Waals surface area contributed by atoms with E-state index in [1.165, 1.54) is 5.56 Å². The van der Waals surface area contributed by atoms with Gasteiger partial charge in [0.2, 0.25) is 0 Å². The van der Waals surface area contributed by atoms with Gasteiger partial charge < -0.3 is 24.1 Å². The zero-order valence-electron chi connectivity index (χ0n) is 17.0. The molecule has 0 aromatic heterocycles. The highest BCUT2D eigenvalue weighted by Gasteiger charge is 2.51. The summed E-state index contributed by atoms with van der Waals surface area (Å²) in [4.78, 5) is 0. The molecule has 0 bridgehead atoms. The van der Waals surface area contributed by atoms with Crippen molar-refractivity contribution in [1.82, 2.24) is 0 Å². The van der Waals surface area contributed by atoms with E-state index in [1.807, 2.05) is 6.07 Å². The van der Waals surface area contributed by atoms with Gasteiger partial charge in [-0.15, -0.1) is 0 Å². The van der Waals surface area contributed by atoms with E-state index in [0.29, 0.717) is 5.75 Å². The molecular formula is C23H26O5. The van der Waals surface area contributed by atoms with Gasteiger partial charge in [0.15, 0.2) is 11.5 Å². The number of methoxy groups -OCH3 is 1. The van der Waals surface area contributed by atoms with E-state index in [2.05, 4.69) is 33.8 Å². The molecule has 2 aromatic carbocycles. The second-order valence-corrected chi connectivity index (χ2v) is 9.14. The number of phenols is 1. The van der Waals surface area contributed by atoms with Gasteiger partial charge in [-0.25, -0.2) is 0 Å². The lowest BCUT2D eigenvalue weighted by Gasteiger charge is -2.42. The van der Waals surface area contributed by atoms with Crippen molar-refractivity contribution in [2.45, 2.75) is 63.8 Å². The molecule has 5 nitrogen and oxygen atoms in total.